The van der Waals surface area contributed by atoms with Gasteiger partial charge in [0.2, 0.25) is 0 Å². The summed E-state index contributed by atoms with van der Waals surface area (Å²) in [5, 5.41) is 11.5. The van der Waals surface area contributed by atoms with Crippen molar-refractivity contribution in [3.8, 4) is 22.1 Å². The van der Waals surface area contributed by atoms with Crippen LogP contribution < -0.4 is 4.74 Å². The normalized spacial score (nSPS) is 20.4. The molecule has 0 aliphatic carbocycles. The standard InChI is InChI=1S/C21H22N2O3S/c24-18-11-14(21-22-17-5-1-2-6-19(17)27-21)10-15-12-23(7-9-26-20(15)18)13-16-4-3-8-25-16/h1-2,5-6,10-11,16,24H,3-4,7-9,12-13H2/t16-/m0/s1. The summed E-state index contributed by atoms with van der Waals surface area (Å²) < 4.78 is 12.8. The number of nitrogens with zero attached hydrogens (tertiary/aromatic N) is 2. The maximum atomic E-state index is 10.6. The van der Waals surface area contributed by atoms with E-state index in [1.807, 2.05) is 18.2 Å². The fraction of sp³-hybridized carbons (Fsp3) is 0.381. The van der Waals surface area contributed by atoms with Gasteiger partial charge in [-0.1, -0.05) is 12.1 Å². The number of aromatic hydroxyl groups is 1. The van der Waals surface area contributed by atoms with Crippen LogP contribution in [0.25, 0.3) is 20.8 Å². The molecule has 1 aromatic heterocycles. The summed E-state index contributed by atoms with van der Waals surface area (Å²) in [7, 11) is 0. The minimum Gasteiger partial charge on any atom is -0.504 e. The van der Waals surface area contributed by atoms with Gasteiger partial charge in [0.1, 0.15) is 11.6 Å². The second kappa shape index (κ2) is 7.11. The smallest absolute Gasteiger partial charge is 0.165 e. The van der Waals surface area contributed by atoms with Gasteiger partial charge in [-0.25, -0.2) is 4.98 Å². The average Bonchev–Trinajstić information content (AvgIpc) is 3.28. The number of hydrogen-bond donors (Lipinski definition) is 1. The third kappa shape index (κ3) is 3.40. The van der Waals surface area contributed by atoms with E-state index < -0.39 is 0 Å². The molecule has 1 N–H and O–H groups in total. The summed E-state index contributed by atoms with van der Waals surface area (Å²) in [4.78, 5) is 7.10. The molecule has 1 fully saturated rings. The molecule has 1 atom stereocenters. The van der Waals surface area contributed by atoms with Crippen LogP contribution in [0.1, 0.15) is 18.4 Å². The largest absolute Gasteiger partial charge is 0.504 e. The van der Waals surface area contributed by atoms with Gasteiger partial charge in [-0.2, -0.15) is 0 Å². The molecule has 0 spiro atoms. The van der Waals surface area contributed by atoms with E-state index in [1.165, 1.54) is 0 Å². The van der Waals surface area contributed by atoms with Crippen LogP contribution in [0.15, 0.2) is 36.4 Å². The van der Waals surface area contributed by atoms with Crippen LogP contribution in [0.4, 0.5) is 0 Å². The number of ether oxygens (including phenoxy) is 2. The second-order valence-electron chi connectivity index (χ2n) is 7.19. The predicted octanol–water partition coefficient (Wildman–Crippen LogP) is 4.04. The lowest BCUT2D eigenvalue weighted by Crippen LogP contribution is -2.33. The summed E-state index contributed by atoms with van der Waals surface area (Å²) in [5.41, 5.74) is 2.94. The number of benzene rings is 2. The van der Waals surface area contributed by atoms with Crippen LogP contribution in [-0.2, 0) is 11.3 Å². The maximum Gasteiger partial charge on any atom is 0.165 e. The van der Waals surface area contributed by atoms with E-state index in [0.717, 1.165) is 65.4 Å². The second-order valence-corrected chi connectivity index (χ2v) is 8.22. The molecule has 3 heterocycles. The minimum absolute atomic E-state index is 0.195. The Morgan fingerprint density at radius 2 is 2.15 bits per heavy atom. The van der Waals surface area contributed by atoms with Crippen molar-refractivity contribution < 1.29 is 14.6 Å². The van der Waals surface area contributed by atoms with E-state index in [0.29, 0.717) is 18.5 Å². The highest BCUT2D eigenvalue weighted by Crippen LogP contribution is 2.39. The quantitative estimate of drug-likeness (QED) is 0.741. The first-order valence-electron chi connectivity index (χ1n) is 9.45. The lowest BCUT2D eigenvalue weighted by molar-refractivity contribution is 0.0687. The van der Waals surface area contributed by atoms with E-state index >= 15 is 0 Å². The van der Waals surface area contributed by atoms with Crippen LogP contribution in [0.2, 0.25) is 0 Å². The number of aromatic nitrogens is 1. The molecule has 2 aliphatic heterocycles. The van der Waals surface area contributed by atoms with E-state index in [-0.39, 0.29) is 5.75 Å². The van der Waals surface area contributed by atoms with Gasteiger partial charge in [0.25, 0.3) is 0 Å². The first-order valence-corrected chi connectivity index (χ1v) is 10.3. The van der Waals surface area contributed by atoms with Crippen molar-refractivity contribution in [2.24, 2.45) is 0 Å². The highest BCUT2D eigenvalue weighted by Gasteiger charge is 2.24. The number of phenolic OH excluding ortho intramolecular Hbond substituents is 1. The van der Waals surface area contributed by atoms with Gasteiger partial charge in [-0.15, -0.1) is 11.3 Å². The van der Waals surface area contributed by atoms with E-state index in [1.54, 1.807) is 17.4 Å². The van der Waals surface area contributed by atoms with Crippen molar-refractivity contribution in [1.82, 2.24) is 9.88 Å². The molecule has 5 nitrogen and oxygen atoms in total. The van der Waals surface area contributed by atoms with Crippen molar-refractivity contribution >= 4 is 21.6 Å². The Hall–Kier alpha value is -2.15. The van der Waals surface area contributed by atoms with Gasteiger partial charge in [0.15, 0.2) is 11.5 Å². The van der Waals surface area contributed by atoms with Crippen LogP contribution in [0, 0.1) is 0 Å². The van der Waals surface area contributed by atoms with Crippen molar-refractivity contribution in [1.29, 1.82) is 0 Å². The molecule has 0 saturated carbocycles. The van der Waals surface area contributed by atoms with Crippen LogP contribution >= 0.6 is 11.3 Å². The summed E-state index contributed by atoms with van der Waals surface area (Å²) in [6, 6.07) is 12.0. The van der Waals surface area contributed by atoms with Crippen LogP contribution in [0.5, 0.6) is 11.5 Å². The van der Waals surface area contributed by atoms with Gasteiger partial charge in [0, 0.05) is 37.4 Å². The highest BCUT2D eigenvalue weighted by molar-refractivity contribution is 7.21. The fourth-order valence-electron chi connectivity index (χ4n) is 3.90. The number of fused-ring (bicyclic) bond motifs is 2. The molecule has 0 unspecified atom stereocenters. The molecule has 2 aromatic carbocycles. The number of phenols is 1. The molecule has 140 valence electrons. The Kier molecular flexibility index (Phi) is 4.47. The summed E-state index contributed by atoms with van der Waals surface area (Å²) in [5.74, 6) is 0.801. The van der Waals surface area contributed by atoms with Crippen LogP contribution in [-0.4, -0.2) is 47.4 Å². The van der Waals surface area contributed by atoms with Crippen molar-refractivity contribution in [3.05, 3.63) is 42.0 Å². The summed E-state index contributed by atoms with van der Waals surface area (Å²) in [6.45, 7) is 3.95. The summed E-state index contributed by atoms with van der Waals surface area (Å²) in [6.07, 6.45) is 2.59. The zero-order valence-electron chi connectivity index (χ0n) is 15.1. The van der Waals surface area contributed by atoms with Crippen molar-refractivity contribution in [3.63, 3.8) is 0 Å². The molecule has 0 amide bonds. The SMILES string of the molecule is Oc1cc(-c2nc3ccccc3s2)cc2c1OCCN(C[C@@H]1CCCO1)C2. The number of thiazole rings is 1. The van der Waals surface area contributed by atoms with Gasteiger partial charge in [-0.3, -0.25) is 4.90 Å². The van der Waals surface area contributed by atoms with E-state index in [4.69, 9.17) is 14.5 Å². The molecule has 0 radical (unpaired) electrons. The summed E-state index contributed by atoms with van der Waals surface area (Å²) >= 11 is 1.65. The zero-order valence-corrected chi connectivity index (χ0v) is 15.9. The highest BCUT2D eigenvalue weighted by atomic mass is 32.1. The maximum absolute atomic E-state index is 10.6. The van der Waals surface area contributed by atoms with Gasteiger partial charge < -0.3 is 14.6 Å². The van der Waals surface area contributed by atoms with E-state index in [2.05, 4.69) is 17.0 Å². The van der Waals surface area contributed by atoms with Gasteiger partial charge in [-0.05, 0) is 37.1 Å². The Labute approximate surface area is 162 Å². The topological polar surface area (TPSA) is 54.8 Å². The predicted molar refractivity (Wildman–Crippen MR) is 106 cm³/mol. The number of rotatable bonds is 3. The third-order valence-corrected chi connectivity index (χ3v) is 6.31. The van der Waals surface area contributed by atoms with Crippen molar-refractivity contribution in [2.45, 2.75) is 25.5 Å². The first kappa shape index (κ1) is 17.0. The number of hydrogen-bond acceptors (Lipinski definition) is 6. The minimum atomic E-state index is 0.195. The molecular weight excluding hydrogens is 360 g/mol. The molecule has 2 aliphatic rings. The van der Waals surface area contributed by atoms with E-state index in [9.17, 15) is 5.11 Å². The molecule has 27 heavy (non-hydrogen) atoms. The van der Waals surface area contributed by atoms with Crippen LogP contribution in [0.3, 0.4) is 0 Å². The molecule has 0 bridgehead atoms. The Morgan fingerprint density at radius 3 is 3.00 bits per heavy atom. The van der Waals surface area contributed by atoms with Gasteiger partial charge >= 0.3 is 0 Å². The Balaban J connectivity index is 1.47. The first-order chi connectivity index (χ1) is 13.3. The zero-order chi connectivity index (χ0) is 18.2. The lowest BCUT2D eigenvalue weighted by Gasteiger charge is -2.22. The molecular formula is C21H22N2O3S. The Morgan fingerprint density at radius 1 is 1.22 bits per heavy atom. The molecule has 1 saturated heterocycles. The lowest BCUT2D eigenvalue weighted by atomic mass is 10.1. The molecule has 5 rings (SSSR count). The van der Waals surface area contributed by atoms with Crippen molar-refractivity contribution in [2.75, 3.05) is 26.3 Å². The molecule has 3 aromatic rings. The van der Waals surface area contributed by atoms with Gasteiger partial charge in [0.05, 0.1) is 16.3 Å². The average molecular weight is 382 g/mol. The number of para-hydroxylation sites is 1. The fourth-order valence-corrected chi connectivity index (χ4v) is 4.86. The molecule has 6 heteroatoms. The monoisotopic (exact) mass is 382 g/mol. The Bertz CT molecular complexity index is 932. The third-order valence-electron chi connectivity index (χ3n) is 5.22.